The summed E-state index contributed by atoms with van der Waals surface area (Å²) in [4.78, 5) is 0. The number of hydrogen-bond acceptors (Lipinski definition) is 2. The van der Waals surface area contributed by atoms with Crippen LogP contribution in [-0.4, -0.2) is 23.4 Å². The number of nitrogens with zero attached hydrogens (tertiary/aromatic N) is 2. The molecule has 0 saturated heterocycles. The third kappa shape index (κ3) is 3.88. The summed E-state index contributed by atoms with van der Waals surface area (Å²) in [7, 11) is 2.09. The highest BCUT2D eigenvalue weighted by atomic mass is 15.3. The van der Waals surface area contributed by atoms with Gasteiger partial charge in [0.15, 0.2) is 0 Å². The predicted octanol–water partition coefficient (Wildman–Crippen LogP) is 3.96. The Hall–Kier alpha value is -0.830. The topological polar surface area (TPSA) is 29.9 Å². The van der Waals surface area contributed by atoms with E-state index in [-0.39, 0.29) is 0 Å². The quantitative estimate of drug-likeness (QED) is 0.859. The smallest absolute Gasteiger partial charge is 0.0628 e. The van der Waals surface area contributed by atoms with Crippen LogP contribution < -0.4 is 5.32 Å². The van der Waals surface area contributed by atoms with Crippen LogP contribution in [-0.2, 0) is 6.42 Å². The minimum absolute atomic E-state index is 0.668. The molecule has 1 heterocycles. The lowest BCUT2D eigenvalue weighted by Gasteiger charge is -2.23. The molecule has 2 fully saturated rings. The Morgan fingerprint density at radius 3 is 2.57 bits per heavy atom. The first-order chi connectivity index (χ1) is 10.4. The van der Waals surface area contributed by atoms with Gasteiger partial charge in [0.05, 0.1) is 11.7 Å². The van der Waals surface area contributed by atoms with Gasteiger partial charge in [-0.15, -0.1) is 0 Å². The van der Waals surface area contributed by atoms with E-state index in [0.29, 0.717) is 6.04 Å². The minimum atomic E-state index is 0.668. The van der Waals surface area contributed by atoms with Crippen LogP contribution in [0.5, 0.6) is 0 Å². The molecule has 3 heteroatoms. The van der Waals surface area contributed by atoms with Crippen LogP contribution in [0.3, 0.4) is 0 Å². The Bertz CT molecular complexity index is 414. The third-order valence-electron chi connectivity index (χ3n) is 5.62. The number of hydrogen-bond donors (Lipinski definition) is 1. The maximum Gasteiger partial charge on any atom is 0.0628 e. The summed E-state index contributed by atoms with van der Waals surface area (Å²) in [5, 5.41) is 8.32. The van der Waals surface area contributed by atoms with Crippen molar-refractivity contribution in [2.75, 3.05) is 13.6 Å². The fourth-order valence-electron chi connectivity index (χ4n) is 4.40. The average molecular weight is 289 g/mol. The predicted molar refractivity (Wildman–Crippen MR) is 87.4 cm³/mol. The molecule has 118 valence electrons. The van der Waals surface area contributed by atoms with E-state index in [4.69, 9.17) is 5.10 Å². The zero-order chi connectivity index (χ0) is 14.5. The Labute approximate surface area is 129 Å². The van der Waals surface area contributed by atoms with Crippen molar-refractivity contribution in [3.05, 3.63) is 18.0 Å². The van der Waals surface area contributed by atoms with Gasteiger partial charge in [-0.05, 0) is 50.8 Å². The van der Waals surface area contributed by atoms with E-state index in [2.05, 4.69) is 29.3 Å². The molecule has 0 spiro atoms. The maximum atomic E-state index is 4.92. The van der Waals surface area contributed by atoms with Crippen molar-refractivity contribution >= 4 is 0 Å². The number of aromatic nitrogens is 2. The van der Waals surface area contributed by atoms with Gasteiger partial charge in [0.25, 0.3) is 0 Å². The van der Waals surface area contributed by atoms with Gasteiger partial charge in [0.1, 0.15) is 0 Å². The molecule has 3 nitrogen and oxygen atoms in total. The molecule has 2 aliphatic rings. The van der Waals surface area contributed by atoms with Crippen LogP contribution in [0.15, 0.2) is 12.3 Å². The Morgan fingerprint density at radius 2 is 1.86 bits per heavy atom. The molecule has 2 aliphatic carbocycles. The molecule has 0 aromatic carbocycles. The van der Waals surface area contributed by atoms with Gasteiger partial charge < -0.3 is 5.32 Å². The fourth-order valence-corrected chi connectivity index (χ4v) is 4.40. The summed E-state index contributed by atoms with van der Waals surface area (Å²) in [5.74, 6) is 1.68. The molecule has 0 aliphatic heterocycles. The summed E-state index contributed by atoms with van der Waals surface area (Å²) < 4.78 is 2.26. The summed E-state index contributed by atoms with van der Waals surface area (Å²) in [6.07, 6.45) is 15.9. The van der Waals surface area contributed by atoms with E-state index < -0.39 is 0 Å². The second kappa shape index (κ2) is 7.44. The molecule has 1 aromatic heterocycles. The van der Waals surface area contributed by atoms with Gasteiger partial charge in [-0.2, -0.15) is 5.10 Å². The highest BCUT2D eigenvalue weighted by molar-refractivity contribution is 5.02. The lowest BCUT2D eigenvalue weighted by Crippen LogP contribution is -2.27. The second-order valence-electron chi connectivity index (χ2n) is 7.15. The van der Waals surface area contributed by atoms with Crippen molar-refractivity contribution < 1.29 is 0 Å². The molecular formula is C18H31N3. The van der Waals surface area contributed by atoms with Crippen LogP contribution in [0.1, 0.15) is 69.5 Å². The van der Waals surface area contributed by atoms with Crippen molar-refractivity contribution in [3.63, 3.8) is 0 Å². The molecule has 0 bridgehead atoms. The SMILES string of the molecule is CNCC(Cc1ccn(C2CCCCC2)n1)C1CCCC1. The highest BCUT2D eigenvalue weighted by Gasteiger charge is 2.25. The van der Waals surface area contributed by atoms with Crippen molar-refractivity contribution in [2.45, 2.75) is 70.3 Å². The van der Waals surface area contributed by atoms with Crippen molar-refractivity contribution in [3.8, 4) is 0 Å². The first kappa shape index (κ1) is 15.1. The van der Waals surface area contributed by atoms with Crippen molar-refractivity contribution in [2.24, 2.45) is 11.8 Å². The lowest BCUT2D eigenvalue weighted by atomic mass is 9.87. The van der Waals surface area contributed by atoms with E-state index in [1.165, 1.54) is 63.5 Å². The fraction of sp³-hybridized carbons (Fsp3) is 0.833. The van der Waals surface area contributed by atoms with E-state index in [9.17, 15) is 0 Å². The first-order valence-electron chi connectivity index (χ1n) is 9.05. The molecule has 1 N–H and O–H groups in total. The molecule has 0 radical (unpaired) electrons. The third-order valence-corrected chi connectivity index (χ3v) is 5.62. The van der Waals surface area contributed by atoms with Gasteiger partial charge in [0, 0.05) is 6.20 Å². The summed E-state index contributed by atoms with van der Waals surface area (Å²) >= 11 is 0. The number of nitrogens with one attached hydrogen (secondary N) is 1. The van der Waals surface area contributed by atoms with Gasteiger partial charge in [0.2, 0.25) is 0 Å². The van der Waals surface area contributed by atoms with E-state index in [0.717, 1.165) is 24.8 Å². The normalized spacial score (nSPS) is 22.7. The van der Waals surface area contributed by atoms with Crippen LogP contribution in [0.2, 0.25) is 0 Å². The van der Waals surface area contributed by atoms with Crippen LogP contribution in [0.4, 0.5) is 0 Å². The summed E-state index contributed by atoms with van der Waals surface area (Å²) in [5.41, 5.74) is 1.31. The average Bonchev–Trinajstić information content (AvgIpc) is 3.19. The Morgan fingerprint density at radius 1 is 1.14 bits per heavy atom. The molecule has 21 heavy (non-hydrogen) atoms. The van der Waals surface area contributed by atoms with Crippen LogP contribution in [0.25, 0.3) is 0 Å². The Kier molecular flexibility index (Phi) is 5.34. The van der Waals surface area contributed by atoms with E-state index in [1.54, 1.807) is 0 Å². The number of rotatable bonds is 6. The second-order valence-corrected chi connectivity index (χ2v) is 7.15. The molecule has 1 aromatic rings. The molecule has 1 atom stereocenters. The first-order valence-corrected chi connectivity index (χ1v) is 9.05. The van der Waals surface area contributed by atoms with Gasteiger partial charge >= 0.3 is 0 Å². The summed E-state index contributed by atoms with van der Waals surface area (Å²) in [6.45, 7) is 1.14. The summed E-state index contributed by atoms with van der Waals surface area (Å²) in [6, 6.07) is 2.94. The van der Waals surface area contributed by atoms with Gasteiger partial charge in [-0.3, -0.25) is 4.68 Å². The molecule has 0 amide bonds. The van der Waals surface area contributed by atoms with Crippen LogP contribution >= 0.6 is 0 Å². The zero-order valence-electron chi connectivity index (χ0n) is 13.6. The largest absolute Gasteiger partial charge is 0.319 e. The monoisotopic (exact) mass is 289 g/mol. The van der Waals surface area contributed by atoms with Crippen molar-refractivity contribution in [1.82, 2.24) is 15.1 Å². The minimum Gasteiger partial charge on any atom is -0.319 e. The molecule has 1 unspecified atom stereocenters. The van der Waals surface area contributed by atoms with Crippen LogP contribution in [0, 0.1) is 11.8 Å². The van der Waals surface area contributed by atoms with Crippen molar-refractivity contribution in [1.29, 1.82) is 0 Å². The maximum absolute atomic E-state index is 4.92. The standard InChI is InChI=1S/C18H31N3/c1-19-14-16(15-7-5-6-8-15)13-17-11-12-21(20-17)18-9-3-2-4-10-18/h11-12,15-16,18-19H,2-10,13-14H2,1H3. The van der Waals surface area contributed by atoms with E-state index in [1.807, 2.05) is 0 Å². The molecule has 2 saturated carbocycles. The van der Waals surface area contributed by atoms with E-state index >= 15 is 0 Å². The van der Waals surface area contributed by atoms with Gasteiger partial charge in [-0.25, -0.2) is 0 Å². The van der Waals surface area contributed by atoms with Gasteiger partial charge in [-0.1, -0.05) is 44.9 Å². The lowest BCUT2D eigenvalue weighted by molar-refractivity contribution is 0.313. The highest BCUT2D eigenvalue weighted by Crippen LogP contribution is 2.33. The molecule has 3 rings (SSSR count). The zero-order valence-corrected chi connectivity index (χ0v) is 13.6. The Balaban J connectivity index is 1.61. The molecular weight excluding hydrogens is 258 g/mol.